The van der Waals surface area contributed by atoms with E-state index in [9.17, 15) is 9.59 Å². The van der Waals surface area contributed by atoms with E-state index >= 15 is 0 Å². The zero-order valence-electron chi connectivity index (χ0n) is 15.3. The number of halogens is 1. The first-order chi connectivity index (χ1) is 12.6. The summed E-state index contributed by atoms with van der Waals surface area (Å²) in [7, 11) is 0. The summed E-state index contributed by atoms with van der Waals surface area (Å²) in [6.07, 6.45) is 3.05. The largest absolute Gasteiger partial charge is 0.370 e. The minimum Gasteiger partial charge on any atom is -0.370 e. The predicted octanol–water partition coefficient (Wildman–Crippen LogP) is 3.28. The topological polar surface area (TPSA) is 49.9 Å². The van der Waals surface area contributed by atoms with E-state index in [4.69, 9.17) is 16.3 Å². The lowest BCUT2D eigenvalue weighted by Gasteiger charge is -2.38. The van der Waals surface area contributed by atoms with Gasteiger partial charge >= 0.3 is 0 Å². The van der Waals surface area contributed by atoms with Gasteiger partial charge in [-0.25, -0.2) is 0 Å². The third kappa shape index (κ3) is 4.57. The average Bonchev–Trinajstić information content (AvgIpc) is 2.68. The normalized spacial score (nSPS) is 23.8. The van der Waals surface area contributed by atoms with E-state index < -0.39 is 0 Å². The molecule has 0 N–H and O–H groups in total. The van der Waals surface area contributed by atoms with Gasteiger partial charge in [-0.2, -0.15) is 0 Å². The van der Waals surface area contributed by atoms with Gasteiger partial charge in [0.1, 0.15) is 6.10 Å². The van der Waals surface area contributed by atoms with Crippen molar-refractivity contribution in [3.8, 4) is 0 Å². The minimum absolute atomic E-state index is 0.0893. The van der Waals surface area contributed by atoms with Crippen molar-refractivity contribution in [3.05, 3.63) is 34.9 Å². The van der Waals surface area contributed by atoms with Gasteiger partial charge in [0.05, 0.1) is 19.1 Å². The van der Waals surface area contributed by atoms with E-state index in [0.29, 0.717) is 37.7 Å². The fraction of sp³-hybridized carbons (Fsp3) is 0.600. The first-order valence-electron chi connectivity index (χ1n) is 9.52. The number of amides is 2. The lowest BCUT2D eigenvalue weighted by Crippen LogP contribution is -2.50. The Morgan fingerprint density at radius 1 is 1.15 bits per heavy atom. The van der Waals surface area contributed by atoms with Gasteiger partial charge in [0.15, 0.2) is 0 Å². The van der Waals surface area contributed by atoms with Gasteiger partial charge in [-0.1, -0.05) is 30.7 Å². The molecule has 3 rings (SSSR count). The molecule has 2 unspecified atom stereocenters. The number of hydrogen-bond donors (Lipinski definition) is 0. The maximum atomic E-state index is 13.0. The van der Waals surface area contributed by atoms with Crippen LogP contribution in [0.5, 0.6) is 0 Å². The second-order valence-corrected chi connectivity index (χ2v) is 7.56. The van der Waals surface area contributed by atoms with Crippen molar-refractivity contribution in [1.29, 1.82) is 0 Å². The molecule has 2 aliphatic rings. The number of carbonyl (C=O) groups excluding carboxylic acids is 2. The number of likely N-dealkylation sites (tertiary alicyclic amines) is 1. The Hall–Kier alpha value is -1.59. The van der Waals surface area contributed by atoms with E-state index in [1.54, 1.807) is 0 Å². The van der Waals surface area contributed by atoms with Gasteiger partial charge in [-0.05, 0) is 37.0 Å². The number of morpholine rings is 1. The van der Waals surface area contributed by atoms with Crippen molar-refractivity contribution in [2.45, 2.75) is 38.7 Å². The van der Waals surface area contributed by atoms with Crippen LogP contribution in [0.4, 0.5) is 0 Å². The van der Waals surface area contributed by atoms with Gasteiger partial charge < -0.3 is 14.5 Å². The second kappa shape index (κ2) is 8.87. The van der Waals surface area contributed by atoms with Crippen LogP contribution in [0.25, 0.3) is 0 Å². The number of benzene rings is 1. The molecule has 2 saturated heterocycles. The summed E-state index contributed by atoms with van der Waals surface area (Å²) >= 11 is 5.96. The zero-order chi connectivity index (χ0) is 18.5. The highest BCUT2D eigenvalue weighted by atomic mass is 35.5. The van der Waals surface area contributed by atoms with Crippen molar-refractivity contribution in [1.82, 2.24) is 9.80 Å². The van der Waals surface area contributed by atoms with Crippen LogP contribution in [0.2, 0.25) is 5.02 Å². The Kier molecular flexibility index (Phi) is 6.54. The molecule has 1 aromatic rings. The first-order valence-corrected chi connectivity index (χ1v) is 9.90. The highest BCUT2D eigenvalue weighted by Gasteiger charge is 2.33. The fourth-order valence-corrected chi connectivity index (χ4v) is 3.89. The summed E-state index contributed by atoms with van der Waals surface area (Å²) in [6.45, 7) is 5.04. The van der Waals surface area contributed by atoms with Crippen LogP contribution in [-0.4, -0.2) is 54.4 Å². The molecule has 0 saturated carbocycles. The zero-order valence-corrected chi connectivity index (χ0v) is 16.1. The number of piperidine rings is 1. The van der Waals surface area contributed by atoms with E-state index in [-0.39, 0.29) is 23.8 Å². The molecule has 1 aromatic carbocycles. The molecule has 0 bridgehead atoms. The molecule has 2 heterocycles. The molecule has 26 heavy (non-hydrogen) atoms. The highest BCUT2D eigenvalue weighted by Crippen LogP contribution is 2.26. The quantitative estimate of drug-likeness (QED) is 0.807. The van der Waals surface area contributed by atoms with E-state index in [2.05, 4.69) is 0 Å². The molecular formula is C20H27ClN2O3. The fourth-order valence-electron chi connectivity index (χ4n) is 3.76. The van der Waals surface area contributed by atoms with E-state index in [1.165, 1.54) is 0 Å². The molecule has 2 amide bonds. The molecule has 0 aliphatic carbocycles. The van der Waals surface area contributed by atoms with Gasteiger partial charge in [0.2, 0.25) is 11.8 Å². The molecule has 0 radical (unpaired) electrons. The maximum absolute atomic E-state index is 13.0. The summed E-state index contributed by atoms with van der Waals surface area (Å²) in [6, 6.07) is 7.60. The van der Waals surface area contributed by atoms with Crippen LogP contribution in [0.15, 0.2) is 24.3 Å². The third-order valence-corrected chi connectivity index (χ3v) is 5.46. The van der Waals surface area contributed by atoms with Crippen molar-refractivity contribution < 1.29 is 14.3 Å². The van der Waals surface area contributed by atoms with Crippen LogP contribution >= 0.6 is 11.6 Å². The summed E-state index contributed by atoms with van der Waals surface area (Å²) in [5.74, 6) is 0.237. The number of ether oxygens (including phenoxy) is 1. The third-order valence-electron chi connectivity index (χ3n) is 5.21. The second-order valence-electron chi connectivity index (χ2n) is 7.12. The molecule has 142 valence electrons. The van der Waals surface area contributed by atoms with Gasteiger partial charge in [0, 0.05) is 31.1 Å². The predicted molar refractivity (Wildman–Crippen MR) is 101 cm³/mol. The Labute approximate surface area is 160 Å². The first kappa shape index (κ1) is 19.2. The van der Waals surface area contributed by atoms with Gasteiger partial charge in [-0.15, -0.1) is 0 Å². The Balaban J connectivity index is 1.61. The lowest BCUT2D eigenvalue weighted by atomic mass is 9.95. The maximum Gasteiger partial charge on any atom is 0.227 e. The van der Waals surface area contributed by atoms with Crippen LogP contribution in [0.1, 0.15) is 44.3 Å². The Morgan fingerprint density at radius 3 is 2.65 bits per heavy atom. The Bertz CT molecular complexity index is 634. The van der Waals surface area contributed by atoms with Gasteiger partial charge in [0.25, 0.3) is 0 Å². The number of rotatable bonds is 4. The number of hydrogen-bond acceptors (Lipinski definition) is 3. The highest BCUT2D eigenvalue weighted by molar-refractivity contribution is 6.30. The molecular weight excluding hydrogens is 352 g/mol. The van der Waals surface area contributed by atoms with E-state index in [0.717, 1.165) is 31.4 Å². The van der Waals surface area contributed by atoms with Gasteiger partial charge in [-0.3, -0.25) is 9.59 Å². The standard InChI is InChI=1S/C20H27ClN2O3/c1-2-4-19(24)22-10-3-5-16(13-22)20(25)23-11-12-26-18(14-23)15-6-8-17(21)9-7-15/h6-9,16,18H,2-5,10-14H2,1H3. The van der Waals surface area contributed by atoms with Crippen LogP contribution in [-0.2, 0) is 14.3 Å². The summed E-state index contributed by atoms with van der Waals surface area (Å²) < 4.78 is 5.86. The summed E-state index contributed by atoms with van der Waals surface area (Å²) in [5, 5.41) is 0.691. The minimum atomic E-state index is -0.119. The molecule has 5 nitrogen and oxygen atoms in total. The molecule has 2 atom stereocenters. The molecule has 0 spiro atoms. The van der Waals surface area contributed by atoms with Crippen molar-refractivity contribution in [3.63, 3.8) is 0 Å². The molecule has 2 fully saturated rings. The average molecular weight is 379 g/mol. The molecule has 2 aliphatic heterocycles. The number of nitrogens with zero attached hydrogens (tertiary/aromatic N) is 2. The summed E-state index contributed by atoms with van der Waals surface area (Å²) in [5.41, 5.74) is 1.04. The van der Waals surface area contributed by atoms with Crippen LogP contribution in [0, 0.1) is 5.92 Å². The monoisotopic (exact) mass is 378 g/mol. The van der Waals surface area contributed by atoms with Crippen molar-refractivity contribution >= 4 is 23.4 Å². The Morgan fingerprint density at radius 2 is 1.92 bits per heavy atom. The molecule has 6 heteroatoms. The van der Waals surface area contributed by atoms with Crippen molar-refractivity contribution in [2.75, 3.05) is 32.8 Å². The van der Waals surface area contributed by atoms with Crippen LogP contribution < -0.4 is 0 Å². The van der Waals surface area contributed by atoms with E-state index in [1.807, 2.05) is 41.0 Å². The van der Waals surface area contributed by atoms with Crippen LogP contribution in [0.3, 0.4) is 0 Å². The smallest absolute Gasteiger partial charge is 0.227 e. The lowest BCUT2D eigenvalue weighted by molar-refractivity contribution is -0.147. The van der Waals surface area contributed by atoms with Crippen molar-refractivity contribution in [2.24, 2.45) is 5.92 Å². The number of carbonyl (C=O) groups is 2. The summed E-state index contributed by atoms with van der Waals surface area (Å²) in [4.78, 5) is 29.0. The SMILES string of the molecule is CCCC(=O)N1CCCC(C(=O)N2CCOC(c3ccc(Cl)cc3)C2)C1. The molecule has 0 aromatic heterocycles.